The number of halogens is 1. The zero-order valence-electron chi connectivity index (χ0n) is 15.4. The van der Waals surface area contributed by atoms with Gasteiger partial charge < -0.3 is 24.3 Å². The normalized spacial score (nSPS) is 19.5. The van der Waals surface area contributed by atoms with Crippen molar-refractivity contribution in [2.45, 2.75) is 18.4 Å². The first kappa shape index (κ1) is 18.7. The lowest BCUT2D eigenvalue weighted by atomic mass is 9.83. The fourth-order valence-corrected chi connectivity index (χ4v) is 4.35. The number of rotatable bonds is 4. The van der Waals surface area contributed by atoms with Crippen molar-refractivity contribution in [3.63, 3.8) is 0 Å². The third kappa shape index (κ3) is 2.58. The fraction of sp³-hybridized carbons (Fsp3) is 0.400. The Balaban J connectivity index is 0.00000196. The van der Waals surface area contributed by atoms with Gasteiger partial charge in [-0.3, -0.25) is 0 Å². The summed E-state index contributed by atoms with van der Waals surface area (Å²) in [6, 6.07) is 8.10. The first-order chi connectivity index (χ1) is 12.2. The van der Waals surface area contributed by atoms with Gasteiger partial charge in [0.05, 0.1) is 28.4 Å². The smallest absolute Gasteiger partial charge is 0.124 e. The van der Waals surface area contributed by atoms with Crippen molar-refractivity contribution >= 4 is 12.4 Å². The molecule has 2 heterocycles. The SMILES string of the molecule is COc1ccc(OC)c2c1CC1NCC2c2c(OC)ccc(OC)c21.Cl. The highest BCUT2D eigenvalue weighted by Gasteiger charge is 2.40. The Morgan fingerprint density at radius 2 is 1.23 bits per heavy atom. The van der Waals surface area contributed by atoms with Crippen LogP contribution in [0.2, 0.25) is 0 Å². The molecule has 5 rings (SSSR count). The van der Waals surface area contributed by atoms with E-state index in [0.29, 0.717) is 0 Å². The van der Waals surface area contributed by atoms with Crippen LogP contribution in [0.15, 0.2) is 24.3 Å². The van der Waals surface area contributed by atoms with Crippen LogP contribution in [0, 0.1) is 0 Å². The van der Waals surface area contributed by atoms with Crippen molar-refractivity contribution in [3.05, 3.63) is 46.5 Å². The summed E-state index contributed by atoms with van der Waals surface area (Å²) in [5.74, 6) is 3.70. The molecule has 2 unspecified atom stereocenters. The van der Waals surface area contributed by atoms with E-state index >= 15 is 0 Å². The Labute approximate surface area is 160 Å². The minimum Gasteiger partial charge on any atom is -0.496 e. The molecular weight excluding hydrogens is 354 g/mol. The maximum atomic E-state index is 5.71. The van der Waals surface area contributed by atoms with E-state index in [2.05, 4.69) is 5.32 Å². The van der Waals surface area contributed by atoms with E-state index in [9.17, 15) is 0 Å². The maximum absolute atomic E-state index is 5.71. The molecule has 1 aliphatic carbocycles. The van der Waals surface area contributed by atoms with Crippen molar-refractivity contribution in [3.8, 4) is 23.0 Å². The first-order valence-electron chi connectivity index (χ1n) is 8.45. The van der Waals surface area contributed by atoms with E-state index in [1.165, 1.54) is 22.3 Å². The van der Waals surface area contributed by atoms with Crippen LogP contribution < -0.4 is 24.3 Å². The molecule has 0 radical (unpaired) electrons. The highest BCUT2D eigenvalue weighted by atomic mass is 35.5. The average molecular weight is 378 g/mol. The molecule has 0 spiro atoms. The summed E-state index contributed by atoms with van der Waals surface area (Å²) in [7, 11) is 6.87. The highest BCUT2D eigenvalue weighted by Crippen LogP contribution is 2.52. The second-order valence-corrected chi connectivity index (χ2v) is 6.38. The molecule has 6 heteroatoms. The second kappa shape index (κ2) is 7.25. The van der Waals surface area contributed by atoms with Crippen LogP contribution >= 0.6 is 12.4 Å². The van der Waals surface area contributed by atoms with Gasteiger partial charge in [-0.1, -0.05) is 0 Å². The quantitative estimate of drug-likeness (QED) is 0.884. The van der Waals surface area contributed by atoms with Gasteiger partial charge in [0, 0.05) is 40.8 Å². The third-order valence-corrected chi connectivity index (χ3v) is 5.38. The van der Waals surface area contributed by atoms with Crippen molar-refractivity contribution in [1.29, 1.82) is 0 Å². The molecule has 5 nitrogen and oxygen atoms in total. The summed E-state index contributed by atoms with van der Waals surface area (Å²) in [5.41, 5.74) is 4.75. The summed E-state index contributed by atoms with van der Waals surface area (Å²) in [4.78, 5) is 0. The van der Waals surface area contributed by atoms with Crippen molar-refractivity contribution in [2.75, 3.05) is 35.0 Å². The van der Waals surface area contributed by atoms with Gasteiger partial charge in [0.1, 0.15) is 23.0 Å². The van der Waals surface area contributed by atoms with Crippen molar-refractivity contribution in [1.82, 2.24) is 5.32 Å². The molecule has 0 amide bonds. The predicted octanol–water partition coefficient (Wildman–Crippen LogP) is 3.48. The molecule has 2 aromatic rings. The lowest BCUT2D eigenvalue weighted by Gasteiger charge is -2.32. The molecule has 0 saturated carbocycles. The van der Waals surface area contributed by atoms with Gasteiger partial charge in [-0.15, -0.1) is 12.4 Å². The molecule has 2 atom stereocenters. The van der Waals surface area contributed by atoms with E-state index in [1.54, 1.807) is 28.4 Å². The third-order valence-electron chi connectivity index (χ3n) is 5.38. The number of ether oxygens (including phenoxy) is 4. The van der Waals surface area contributed by atoms with Gasteiger partial charge in [0.2, 0.25) is 0 Å². The van der Waals surface area contributed by atoms with E-state index < -0.39 is 0 Å². The van der Waals surface area contributed by atoms with Crippen LogP contribution in [0.1, 0.15) is 34.2 Å². The Morgan fingerprint density at radius 3 is 1.81 bits per heavy atom. The van der Waals surface area contributed by atoms with Crippen LogP contribution in [0.5, 0.6) is 23.0 Å². The highest BCUT2D eigenvalue weighted by molar-refractivity contribution is 5.85. The molecular formula is C20H24ClNO4. The monoisotopic (exact) mass is 377 g/mol. The molecule has 1 N–H and O–H groups in total. The summed E-state index contributed by atoms with van der Waals surface area (Å²) in [6.07, 6.45) is 0.822. The lowest BCUT2D eigenvalue weighted by Crippen LogP contribution is -2.32. The van der Waals surface area contributed by atoms with Gasteiger partial charge in [0.25, 0.3) is 0 Å². The topological polar surface area (TPSA) is 49.0 Å². The molecule has 140 valence electrons. The zero-order valence-corrected chi connectivity index (χ0v) is 16.2. The van der Waals surface area contributed by atoms with Gasteiger partial charge >= 0.3 is 0 Å². The minimum atomic E-state index is 0. The van der Waals surface area contributed by atoms with Crippen LogP contribution in [-0.4, -0.2) is 35.0 Å². The van der Waals surface area contributed by atoms with Crippen molar-refractivity contribution in [2.24, 2.45) is 0 Å². The molecule has 0 aromatic heterocycles. The number of fused-ring (bicyclic) bond motifs is 1. The molecule has 2 aliphatic heterocycles. The standard InChI is InChI=1S/C20H23NO4.ClH/c1-22-14-5-6-15(23-2)18-11(14)9-13-20-17(25-4)8-7-16(24-3)19(20)12(18)10-21-13;/h5-8,12-13,21H,9-10H2,1-4H3;1H. The molecule has 2 bridgehead atoms. The maximum Gasteiger partial charge on any atom is 0.124 e. The molecule has 2 aromatic carbocycles. The van der Waals surface area contributed by atoms with Crippen LogP contribution in [0.3, 0.4) is 0 Å². The predicted molar refractivity (Wildman–Crippen MR) is 103 cm³/mol. The summed E-state index contributed by atoms with van der Waals surface area (Å²) < 4.78 is 22.8. The number of benzene rings is 2. The second-order valence-electron chi connectivity index (χ2n) is 6.38. The minimum absolute atomic E-state index is 0. The lowest BCUT2D eigenvalue weighted by molar-refractivity contribution is 0.370. The van der Waals surface area contributed by atoms with Crippen LogP contribution in [0.25, 0.3) is 0 Å². The molecule has 26 heavy (non-hydrogen) atoms. The fourth-order valence-electron chi connectivity index (χ4n) is 4.35. The van der Waals surface area contributed by atoms with E-state index in [0.717, 1.165) is 36.0 Å². The van der Waals surface area contributed by atoms with Gasteiger partial charge in [-0.25, -0.2) is 0 Å². The Morgan fingerprint density at radius 1 is 0.731 bits per heavy atom. The van der Waals surface area contributed by atoms with Crippen molar-refractivity contribution < 1.29 is 18.9 Å². The summed E-state index contributed by atoms with van der Waals surface area (Å²) >= 11 is 0. The summed E-state index contributed by atoms with van der Waals surface area (Å²) in [6.45, 7) is 0.831. The zero-order chi connectivity index (χ0) is 17.6. The number of methoxy groups -OCH3 is 4. The van der Waals surface area contributed by atoms with Gasteiger partial charge in [-0.2, -0.15) is 0 Å². The largest absolute Gasteiger partial charge is 0.496 e. The number of nitrogens with one attached hydrogen (secondary N) is 1. The van der Waals surface area contributed by atoms with Gasteiger partial charge in [0.15, 0.2) is 0 Å². The molecule has 0 saturated heterocycles. The van der Waals surface area contributed by atoms with E-state index in [-0.39, 0.29) is 24.4 Å². The van der Waals surface area contributed by atoms with E-state index in [4.69, 9.17) is 18.9 Å². The Hall–Kier alpha value is -2.11. The Bertz CT molecular complexity index is 824. The van der Waals surface area contributed by atoms with E-state index in [1.807, 2.05) is 24.3 Å². The molecule has 0 fully saturated rings. The first-order valence-corrected chi connectivity index (χ1v) is 8.45. The molecule has 3 aliphatic rings. The van der Waals surface area contributed by atoms with Crippen LogP contribution in [-0.2, 0) is 6.42 Å². The average Bonchev–Trinajstić information content (AvgIpc) is 2.94. The van der Waals surface area contributed by atoms with Gasteiger partial charge in [-0.05, 0) is 30.7 Å². The summed E-state index contributed by atoms with van der Waals surface area (Å²) in [5, 5.41) is 3.67. The number of hydrogen-bond donors (Lipinski definition) is 1. The Kier molecular flexibility index (Phi) is 5.21. The van der Waals surface area contributed by atoms with Crippen LogP contribution in [0.4, 0.5) is 0 Å². The number of hydrogen-bond acceptors (Lipinski definition) is 5.